The van der Waals surface area contributed by atoms with Gasteiger partial charge < -0.3 is 15.0 Å². The summed E-state index contributed by atoms with van der Waals surface area (Å²) in [6, 6.07) is 25.2. The molecule has 3 aromatic carbocycles. The van der Waals surface area contributed by atoms with Gasteiger partial charge in [-0.1, -0.05) is 66.7 Å². The van der Waals surface area contributed by atoms with Gasteiger partial charge in [-0.15, -0.1) is 0 Å². The molecule has 0 heterocycles. The summed E-state index contributed by atoms with van der Waals surface area (Å²) in [4.78, 5) is 29.2. The third-order valence-corrected chi connectivity index (χ3v) is 7.65. The van der Waals surface area contributed by atoms with Gasteiger partial charge in [0.1, 0.15) is 11.8 Å². The van der Waals surface area contributed by atoms with E-state index in [4.69, 9.17) is 4.74 Å². The van der Waals surface area contributed by atoms with E-state index in [1.165, 1.54) is 11.4 Å². The number of ether oxygens (including phenoxy) is 1. The van der Waals surface area contributed by atoms with Crippen molar-refractivity contribution in [3.05, 3.63) is 96.1 Å². The Labute approximate surface area is 244 Å². The van der Waals surface area contributed by atoms with Gasteiger partial charge in [-0.3, -0.25) is 13.9 Å². The standard InChI is InChI=1S/C32H41N3O5S/c1-32(2,3)33-31(37)29(22-25-14-8-6-9-15-25)34(24-26-16-10-7-11-17-26)30(36)20-13-21-35(41(5,38)39)27-18-12-19-28(23-27)40-4/h6-12,14-19,23,29H,13,20-22,24H2,1-5H3,(H,33,37)/t29-/m1/s1. The molecule has 1 atom stereocenters. The lowest BCUT2D eigenvalue weighted by Gasteiger charge is -2.34. The topological polar surface area (TPSA) is 96.0 Å². The van der Waals surface area contributed by atoms with Gasteiger partial charge in [0.25, 0.3) is 0 Å². The number of hydrogen-bond acceptors (Lipinski definition) is 5. The molecule has 0 fully saturated rings. The number of carbonyl (C=O) groups excluding carboxylic acids is 2. The molecule has 0 bridgehead atoms. The Morgan fingerprint density at radius 3 is 2.07 bits per heavy atom. The molecule has 2 amide bonds. The molecule has 0 aromatic heterocycles. The van der Waals surface area contributed by atoms with Crippen LogP contribution >= 0.6 is 0 Å². The molecule has 9 heteroatoms. The normalized spacial score (nSPS) is 12.3. The highest BCUT2D eigenvalue weighted by atomic mass is 32.2. The van der Waals surface area contributed by atoms with Crippen LogP contribution in [0.25, 0.3) is 0 Å². The van der Waals surface area contributed by atoms with Crippen LogP contribution in [-0.4, -0.2) is 56.6 Å². The number of nitrogens with one attached hydrogen (secondary N) is 1. The van der Waals surface area contributed by atoms with Crippen LogP contribution in [0.15, 0.2) is 84.9 Å². The van der Waals surface area contributed by atoms with Crippen LogP contribution in [-0.2, 0) is 32.6 Å². The monoisotopic (exact) mass is 579 g/mol. The molecule has 1 N–H and O–H groups in total. The largest absolute Gasteiger partial charge is 0.497 e. The van der Waals surface area contributed by atoms with Crippen molar-refractivity contribution in [2.75, 3.05) is 24.2 Å². The Hall–Kier alpha value is -3.85. The highest BCUT2D eigenvalue weighted by Gasteiger charge is 2.32. The maximum atomic E-state index is 13.9. The number of sulfonamides is 1. The van der Waals surface area contributed by atoms with Crippen LogP contribution in [0.4, 0.5) is 5.69 Å². The van der Waals surface area contributed by atoms with Crippen molar-refractivity contribution < 1.29 is 22.7 Å². The molecule has 3 aromatic rings. The first-order chi connectivity index (χ1) is 19.4. The molecule has 0 unspecified atom stereocenters. The van der Waals surface area contributed by atoms with E-state index in [1.807, 2.05) is 81.4 Å². The highest BCUT2D eigenvalue weighted by Crippen LogP contribution is 2.24. The Balaban J connectivity index is 1.88. The number of nitrogens with zero attached hydrogens (tertiary/aromatic N) is 2. The maximum Gasteiger partial charge on any atom is 0.243 e. The number of anilines is 1. The first kappa shape index (κ1) is 31.7. The molecular formula is C32H41N3O5S. The van der Waals surface area contributed by atoms with E-state index >= 15 is 0 Å². The number of benzene rings is 3. The summed E-state index contributed by atoms with van der Waals surface area (Å²) in [5, 5.41) is 3.05. The van der Waals surface area contributed by atoms with Gasteiger partial charge in [-0.25, -0.2) is 8.42 Å². The predicted molar refractivity (Wildman–Crippen MR) is 163 cm³/mol. The Morgan fingerprint density at radius 1 is 0.902 bits per heavy atom. The van der Waals surface area contributed by atoms with Crippen LogP contribution in [0.3, 0.4) is 0 Å². The summed E-state index contributed by atoms with van der Waals surface area (Å²) in [6.07, 6.45) is 1.83. The highest BCUT2D eigenvalue weighted by molar-refractivity contribution is 7.92. The van der Waals surface area contributed by atoms with Crippen LogP contribution in [0, 0.1) is 0 Å². The van der Waals surface area contributed by atoms with Crippen molar-refractivity contribution in [3.8, 4) is 5.75 Å². The summed E-state index contributed by atoms with van der Waals surface area (Å²) >= 11 is 0. The van der Waals surface area contributed by atoms with Crippen LogP contribution < -0.4 is 14.4 Å². The quantitative estimate of drug-likeness (QED) is 0.314. The number of rotatable bonds is 13. The fraction of sp³-hybridized carbons (Fsp3) is 0.375. The molecule has 0 aliphatic rings. The van der Waals surface area contributed by atoms with E-state index in [2.05, 4.69) is 5.32 Å². The summed E-state index contributed by atoms with van der Waals surface area (Å²) in [7, 11) is -2.09. The van der Waals surface area contributed by atoms with Crippen LogP contribution in [0.5, 0.6) is 5.75 Å². The molecule has 8 nitrogen and oxygen atoms in total. The van der Waals surface area contributed by atoms with E-state index in [9.17, 15) is 18.0 Å². The molecule has 0 spiro atoms. The average molecular weight is 580 g/mol. The number of hydrogen-bond donors (Lipinski definition) is 1. The second-order valence-electron chi connectivity index (χ2n) is 11.1. The molecule has 3 rings (SSSR count). The lowest BCUT2D eigenvalue weighted by Crippen LogP contribution is -2.54. The Morgan fingerprint density at radius 2 is 1.51 bits per heavy atom. The zero-order valence-electron chi connectivity index (χ0n) is 24.5. The number of amides is 2. The van der Waals surface area contributed by atoms with Gasteiger partial charge in [0.05, 0.1) is 19.1 Å². The summed E-state index contributed by atoms with van der Waals surface area (Å²) in [6.45, 7) is 6.08. The minimum Gasteiger partial charge on any atom is -0.497 e. The van der Waals surface area contributed by atoms with Crippen LogP contribution in [0.1, 0.15) is 44.7 Å². The minimum absolute atomic E-state index is 0.0664. The summed E-state index contributed by atoms with van der Waals surface area (Å²) in [5.41, 5.74) is 1.82. The van der Waals surface area contributed by atoms with Crippen molar-refractivity contribution in [2.24, 2.45) is 0 Å². The lowest BCUT2D eigenvalue weighted by molar-refractivity contribution is -0.142. The summed E-state index contributed by atoms with van der Waals surface area (Å²) in [5.74, 6) is 0.0765. The fourth-order valence-corrected chi connectivity index (χ4v) is 5.51. The van der Waals surface area contributed by atoms with Crippen molar-refractivity contribution in [1.82, 2.24) is 10.2 Å². The smallest absolute Gasteiger partial charge is 0.243 e. The van der Waals surface area contributed by atoms with E-state index < -0.39 is 21.6 Å². The zero-order chi connectivity index (χ0) is 30.0. The summed E-state index contributed by atoms with van der Waals surface area (Å²) < 4.78 is 31.8. The molecule has 0 radical (unpaired) electrons. The molecular weight excluding hydrogens is 538 g/mol. The Bertz CT molecular complexity index is 1390. The molecule has 41 heavy (non-hydrogen) atoms. The first-order valence-corrected chi connectivity index (χ1v) is 15.5. The lowest BCUT2D eigenvalue weighted by atomic mass is 10.00. The Kier molecular flexibility index (Phi) is 10.9. The second kappa shape index (κ2) is 14.2. The minimum atomic E-state index is -3.61. The first-order valence-electron chi connectivity index (χ1n) is 13.7. The van der Waals surface area contributed by atoms with E-state index in [-0.39, 0.29) is 37.7 Å². The molecule has 220 valence electrons. The molecule has 0 saturated heterocycles. The molecule has 0 saturated carbocycles. The maximum absolute atomic E-state index is 13.9. The van der Waals surface area contributed by atoms with Gasteiger partial charge in [0, 0.05) is 37.5 Å². The van der Waals surface area contributed by atoms with E-state index in [0.29, 0.717) is 17.9 Å². The van der Waals surface area contributed by atoms with Gasteiger partial charge >= 0.3 is 0 Å². The van der Waals surface area contributed by atoms with E-state index in [1.54, 1.807) is 29.2 Å². The zero-order valence-corrected chi connectivity index (χ0v) is 25.4. The van der Waals surface area contributed by atoms with Crippen molar-refractivity contribution >= 4 is 27.5 Å². The van der Waals surface area contributed by atoms with E-state index in [0.717, 1.165) is 17.4 Å². The second-order valence-corrected chi connectivity index (χ2v) is 13.0. The fourth-order valence-electron chi connectivity index (χ4n) is 4.56. The van der Waals surface area contributed by atoms with Crippen molar-refractivity contribution in [3.63, 3.8) is 0 Å². The number of methoxy groups -OCH3 is 1. The van der Waals surface area contributed by atoms with Crippen molar-refractivity contribution in [2.45, 2.75) is 58.2 Å². The molecule has 0 aliphatic heterocycles. The van der Waals surface area contributed by atoms with Gasteiger partial charge in [0.15, 0.2) is 0 Å². The average Bonchev–Trinajstić information content (AvgIpc) is 2.92. The van der Waals surface area contributed by atoms with Gasteiger partial charge in [-0.05, 0) is 50.5 Å². The van der Waals surface area contributed by atoms with Gasteiger partial charge in [-0.2, -0.15) is 0 Å². The van der Waals surface area contributed by atoms with Crippen molar-refractivity contribution in [1.29, 1.82) is 0 Å². The van der Waals surface area contributed by atoms with Crippen LogP contribution in [0.2, 0.25) is 0 Å². The van der Waals surface area contributed by atoms with Gasteiger partial charge in [0.2, 0.25) is 21.8 Å². The molecule has 0 aliphatic carbocycles. The third kappa shape index (κ3) is 9.93. The number of carbonyl (C=O) groups is 2. The third-order valence-electron chi connectivity index (χ3n) is 6.46. The SMILES string of the molecule is COc1cccc(N(CCCC(=O)N(Cc2ccccc2)[C@H](Cc2ccccc2)C(=O)NC(C)(C)C)S(C)(=O)=O)c1. The predicted octanol–water partition coefficient (Wildman–Crippen LogP) is 4.80.